The number of hydrogen-bond acceptors (Lipinski definition) is 1. The zero-order chi connectivity index (χ0) is 13.3. The molecule has 0 bridgehead atoms. The van der Waals surface area contributed by atoms with E-state index in [9.17, 15) is 5.11 Å². The summed E-state index contributed by atoms with van der Waals surface area (Å²) in [6.07, 6.45) is 5.88. The van der Waals surface area contributed by atoms with Crippen molar-refractivity contribution in [3.05, 3.63) is 46.1 Å². The second kappa shape index (κ2) is 29.3. The molecule has 0 saturated heterocycles. The molecule has 0 aromatic carbocycles. The summed E-state index contributed by atoms with van der Waals surface area (Å²) < 4.78 is 22.5. The van der Waals surface area contributed by atoms with Crippen molar-refractivity contribution in [2.24, 2.45) is 0 Å². The molecule has 0 heterocycles. The molecule has 0 saturated carbocycles. The quantitative estimate of drug-likeness (QED) is 0.466. The Bertz CT molecular complexity index is 147. The van der Waals surface area contributed by atoms with Crippen molar-refractivity contribution in [3.63, 3.8) is 0 Å². The molecule has 0 aliphatic heterocycles. The normalized spacial score (nSPS) is 10.1. The molecule has 0 rings (SSSR count). The minimum absolute atomic E-state index is 0. The minimum Gasteiger partial charge on any atom is -0.390 e. The van der Waals surface area contributed by atoms with Crippen molar-refractivity contribution >= 4 is 0 Å². The van der Waals surface area contributed by atoms with Gasteiger partial charge in [-0.15, -0.1) is 0 Å². The van der Waals surface area contributed by atoms with E-state index in [1.54, 1.807) is 26.2 Å². The first-order valence-corrected chi connectivity index (χ1v) is 3.76. The topological polar surface area (TPSA) is 79.9 Å². The van der Waals surface area contributed by atoms with E-state index in [0.29, 0.717) is 0 Å². The smallest absolute Gasteiger partial charge is 0.0651 e. The second-order valence-corrected chi connectivity index (χ2v) is 2.31. The fourth-order valence-electron chi connectivity index (χ4n) is 0.393. The number of hydrogen-bond donors (Lipinski definition) is 1. The van der Waals surface area contributed by atoms with E-state index < -0.39 is 5.60 Å². The molecule has 0 aromatic rings. The van der Waals surface area contributed by atoms with Gasteiger partial charge in [-0.3, -0.25) is 0 Å². The van der Waals surface area contributed by atoms with Crippen LogP contribution in [0.1, 0.15) is 20.3 Å². The molecule has 4 nitrogen and oxygen atoms in total. The monoisotopic (exact) mass is 266 g/mol. The van der Waals surface area contributed by atoms with E-state index in [2.05, 4.69) is 26.9 Å². The summed E-state index contributed by atoms with van der Waals surface area (Å²) >= 11 is 0. The Morgan fingerprint density at radius 3 is 1.69 bits per heavy atom. The second-order valence-electron chi connectivity index (χ2n) is 2.31. The summed E-state index contributed by atoms with van der Waals surface area (Å²) in [5, 5.41) is 9.32. The number of unbranched alkanes of at least 4 members (excludes halogenated alkanes) is 1. The predicted molar refractivity (Wildman–Crippen MR) is 51.0 cm³/mol. The Balaban J connectivity index is -0.0000000498. The third-order valence-corrected chi connectivity index (χ3v) is 1.31. The summed E-state index contributed by atoms with van der Waals surface area (Å²) in [4.78, 5) is 0. The Hall–Kier alpha value is -0.301. The molecular weight excluding hydrogens is 252 g/mol. The Morgan fingerprint density at radius 2 is 1.50 bits per heavy atom. The standard InChI is InChI=1S/C8H14O.3CO.Fe/c1-4-6-7-8(3,9)5-2;3*1-2;/h4,6-7,9H,1,5H2,2-3H3;;;;/t8-;;;;/m0..../s1. The van der Waals surface area contributed by atoms with Crippen LogP contribution in [0.25, 0.3) is 0 Å². The van der Waals surface area contributed by atoms with Gasteiger partial charge in [-0.1, -0.05) is 6.92 Å². The molecule has 0 aliphatic carbocycles. The summed E-state index contributed by atoms with van der Waals surface area (Å²) in [6.45, 7) is 20.7. The molecule has 0 aliphatic rings. The van der Waals surface area contributed by atoms with Crippen LogP contribution >= 0.6 is 0 Å². The van der Waals surface area contributed by atoms with Gasteiger partial charge < -0.3 is 5.11 Å². The fourth-order valence-corrected chi connectivity index (χ4v) is 0.393. The van der Waals surface area contributed by atoms with Crippen LogP contribution in [0, 0.1) is 46.1 Å². The Morgan fingerprint density at radius 1 is 1.19 bits per heavy atom. The molecule has 0 spiro atoms. The van der Waals surface area contributed by atoms with E-state index in [-0.39, 0.29) is 17.1 Å². The Kier molecular flexibility index (Phi) is 54.3. The van der Waals surface area contributed by atoms with Crippen LogP contribution in [0.3, 0.4) is 0 Å². The van der Waals surface area contributed by atoms with E-state index in [0.717, 1.165) is 6.42 Å². The van der Waals surface area contributed by atoms with Crippen LogP contribution < -0.4 is 0 Å². The molecule has 0 aromatic heterocycles. The SMILES string of the molecule is [C-]#[O+].[C-]#[O+].[C-]#[O+].[CH2][CH][CH][CH][C@@](C)(O)CC.[Fe]. The maximum absolute atomic E-state index is 9.32. The molecule has 1 N–H and O–H groups in total. The molecule has 16 heavy (non-hydrogen) atoms. The van der Waals surface area contributed by atoms with Gasteiger partial charge in [0.1, 0.15) is 0 Å². The molecule has 4 radical (unpaired) electrons. The summed E-state index contributed by atoms with van der Waals surface area (Å²) in [7, 11) is 0. The number of rotatable bonds is 4. The third kappa shape index (κ3) is 37.3. The van der Waals surface area contributed by atoms with Gasteiger partial charge in [-0.2, -0.15) is 0 Å². The third-order valence-electron chi connectivity index (χ3n) is 1.31. The Labute approximate surface area is 108 Å². The van der Waals surface area contributed by atoms with E-state index in [1.807, 2.05) is 6.92 Å². The van der Waals surface area contributed by atoms with E-state index >= 15 is 0 Å². The van der Waals surface area contributed by atoms with Gasteiger partial charge in [0.05, 0.1) is 5.60 Å². The fraction of sp³-hybridized carbons (Fsp3) is 0.364. The van der Waals surface area contributed by atoms with Crippen LogP contribution in [-0.2, 0) is 31.0 Å². The van der Waals surface area contributed by atoms with Gasteiger partial charge in [0.15, 0.2) is 0 Å². The van der Waals surface area contributed by atoms with Gasteiger partial charge in [0.25, 0.3) is 0 Å². The maximum atomic E-state index is 9.32. The van der Waals surface area contributed by atoms with Crippen LogP contribution in [0.4, 0.5) is 0 Å². The first-order chi connectivity index (χ1) is 7.12. The van der Waals surface area contributed by atoms with E-state index in [1.165, 1.54) is 0 Å². The summed E-state index contributed by atoms with van der Waals surface area (Å²) in [5.74, 6) is 0. The first-order valence-electron chi connectivity index (χ1n) is 3.76. The van der Waals surface area contributed by atoms with Gasteiger partial charge in [0, 0.05) is 17.1 Å². The molecule has 5 heteroatoms. The van der Waals surface area contributed by atoms with Gasteiger partial charge >= 0.3 is 33.9 Å². The first kappa shape index (κ1) is 29.6. The van der Waals surface area contributed by atoms with Gasteiger partial charge in [-0.05, 0) is 39.5 Å². The van der Waals surface area contributed by atoms with Gasteiger partial charge in [0.2, 0.25) is 0 Å². The van der Waals surface area contributed by atoms with Crippen LogP contribution in [0.2, 0.25) is 0 Å². The van der Waals surface area contributed by atoms with Crippen molar-refractivity contribution in [3.8, 4) is 0 Å². The molecule has 1 atom stereocenters. The summed E-state index contributed by atoms with van der Waals surface area (Å²) in [5.41, 5.74) is -0.659. The largest absolute Gasteiger partial charge is 0.390 e. The van der Waals surface area contributed by atoms with Crippen LogP contribution in [-0.4, -0.2) is 10.7 Å². The minimum atomic E-state index is -0.659. The van der Waals surface area contributed by atoms with Gasteiger partial charge in [-0.25, -0.2) is 0 Å². The number of aliphatic hydroxyl groups is 1. The molecule has 0 unspecified atom stereocenters. The summed E-state index contributed by atoms with van der Waals surface area (Å²) in [6, 6.07) is 0. The average Bonchev–Trinajstić information content (AvgIpc) is 2.34. The molecule has 0 amide bonds. The average molecular weight is 266 g/mol. The van der Waals surface area contributed by atoms with Crippen molar-refractivity contribution in [1.82, 2.24) is 0 Å². The van der Waals surface area contributed by atoms with Crippen molar-refractivity contribution < 1.29 is 36.1 Å². The van der Waals surface area contributed by atoms with Crippen molar-refractivity contribution in [2.75, 3.05) is 0 Å². The molecule has 0 fully saturated rings. The maximum Gasteiger partial charge on any atom is 0.0651 e. The van der Waals surface area contributed by atoms with Crippen LogP contribution in [0.5, 0.6) is 0 Å². The predicted octanol–water partition coefficient (Wildman–Crippen LogP) is 1.48. The van der Waals surface area contributed by atoms with Crippen LogP contribution in [0.15, 0.2) is 0 Å². The van der Waals surface area contributed by atoms with E-state index in [4.69, 9.17) is 14.0 Å². The zero-order valence-electron chi connectivity index (χ0n) is 9.17. The zero-order valence-corrected chi connectivity index (χ0v) is 10.3. The van der Waals surface area contributed by atoms with Crippen molar-refractivity contribution in [2.45, 2.75) is 25.9 Å². The van der Waals surface area contributed by atoms with Crippen molar-refractivity contribution in [1.29, 1.82) is 0 Å². The molecular formula is C11H14FeO4. The molecule has 90 valence electrons.